The summed E-state index contributed by atoms with van der Waals surface area (Å²) < 4.78 is 37.9. The summed E-state index contributed by atoms with van der Waals surface area (Å²) in [6.07, 6.45) is -1.15. The second-order valence-electron chi connectivity index (χ2n) is 4.37. The van der Waals surface area contributed by atoms with Gasteiger partial charge in [0.15, 0.2) is 0 Å². The molecule has 0 radical (unpaired) electrons. The summed E-state index contributed by atoms with van der Waals surface area (Å²) in [4.78, 5) is 0. The van der Waals surface area contributed by atoms with Gasteiger partial charge in [-0.15, -0.1) is 0 Å². The summed E-state index contributed by atoms with van der Waals surface area (Å²) >= 11 is 0. The van der Waals surface area contributed by atoms with Crippen LogP contribution in [0.15, 0.2) is 17.7 Å². The Kier molecular flexibility index (Phi) is 3.02. The highest BCUT2D eigenvalue weighted by Crippen LogP contribution is 2.37. The van der Waals surface area contributed by atoms with E-state index in [0.717, 1.165) is 29.5 Å². The number of alkyl halides is 3. The molecule has 0 heterocycles. The Balaban J connectivity index is 2.42. The van der Waals surface area contributed by atoms with E-state index in [1.54, 1.807) is 0 Å². The minimum atomic E-state index is -4.20. The van der Waals surface area contributed by atoms with Crippen LogP contribution in [0.4, 0.5) is 13.2 Å². The van der Waals surface area contributed by atoms with E-state index < -0.39 is 11.7 Å². The summed E-state index contributed by atoms with van der Waals surface area (Å²) in [7, 11) is 0. The fourth-order valence-electron chi connectivity index (χ4n) is 2.33. The van der Waals surface area contributed by atoms with E-state index in [1.807, 2.05) is 26.0 Å². The van der Waals surface area contributed by atoms with Gasteiger partial charge in [-0.3, -0.25) is 0 Å². The highest BCUT2D eigenvalue weighted by molar-refractivity contribution is 5.66. The molecule has 0 amide bonds. The van der Waals surface area contributed by atoms with Gasteiger partial charge in [0.2, 0.25) is 0 Å². The Labute approximate surface area is 99.2 Å². The molecule has 1 aromatic carbocycles. The first-order valence-corrected chi connectivity index (χ1v) is 5.88. The molecule has 0 atom stereocenters. The van der Waals surface area contributed by atoms with Crippen molar-refractivity contribution in [2.45, 2.75) is 39.3 Å². The number of hydrogen-bond donors (Lipinski definition) is 0. The molecule has 17 heavy (non-hydrogen) atoms. The summed E-state index contributed by atoms with van der Waals surface area (Å²) in [5, 5.41) is 0. The molecule has 0 fully saturated rings. The van der Waals surface area contributed by atoms with Gasteiger partial charge in [-0.25, -0.2) is 0 Å². The van der Waals surface area contributed by atoms with Crippen molar-refractivity contribution in [3.05, 3.63) is 40.0 Å². The highest BCUT2D eigenvalue weighted by Gasteiger charge is 2.36. The number of benzene rings is 1. The Morgan fingerprint density at radius 3 is 2.18 bits per heavy atom. The number of halogens is 3. The summed E-state index contributed by atoms with van der Waals surface area (Å²) in [5.41, 5.74) is 3.45. The van der Waals surface area contributed by atoms with E-state index in [9.17, 15) is 13.2 Å². The van der Waals surface area contributed by atoms with E-state index in [-0.39, 0.29) is 6.42 Å². The topological polar surface area (TPSA) is 0 Å². The second-order valence-corrected chi connectivity index (χ2v) is 4.37. The first kappa shape index (κ1) is 12.2. The fraction of sp³-hybridized carbons (Fsp3) is 0.429. The van der Waals surface area contributed by atoms with E-state index in [4.69, 9.17) is 0 Å². The lowest BCUT2D eigenvalue weighted by Crippen LogP contribution is -2.11. The summed E-state index contributed by atoms with van der Waals surface area (Å²) in [5.74, 6) is 0. The molecule has 1 aliphatic carbocycles. The van der Waals surface area contributed by atoms with E-state index >= 15 is 0 Å². The largest absolute Gasteiger partial charge is 0.413 e. The van der Waals surface area contributed by atoms with Gasteiger partial charge in [0.05, 0.1) is 0 Å². The molecule has 1 aliphatic rings. The van der Waals surface area contributed by atoms with Crippen LogP contribution < -0.4 is 0 Å². The van der Waals surface area contributed by atoms with Crippen LogP contribution in [0.3, 0.4) is 0 Å². The second kappa shape index (κ2) is 4.21. The average Bonchev–Trinajstić information content (AvgIpc) is 2.69. The van der Waals surface area contributed by atoms with Gasteiger partial charge < -0.3 is 0 Å². The lowest BCUT2D eigenvalue weighted by atomic mass is 9.96. The SMILES string of the molecule is CCc1cc2c(cc1CC)CC(C(F)(F)F)=C2. The van der Waals surface area contributed by atoms with E-state index in [1.165, 1.54) is 11.6 Å². The van der Waals surface area contributed by atoms with E-state index in [0.29, 0.717) is 0 Å². The molecule has 2 rings (SSSR count). The van der Waals surface area contributed by atoms with Crippen molar-refractivity contribution in [1.82, 2.24) is 0 Å². The van der Waals surface area contributed by atoms with Gasteiger partial charge in [-0.2, -0.15) is 13.2 Å². The molecule has 0 spiro atoms. The van der Waals surface area contributed by atoms with Gasteiger partial charge >= 0.3 is 6.18 Å². The number of rotatable bonds is 2. The fourth-order valence-corrected chi connectivity index (χ4v) is 2.33. The Bertz CT molecular complexity index is 467. The van der Waals surface area contributed by atoms with Gasteiger partial charge in [0.1, 0.15) is 0 Å². The predicted octanol–water partition coefficient (Wildman–Crippen LogP) is 4.31. The molecule has 0 unspecified atom stereocenters. The lowest BCUT2D eigenvalue weighted by molar-refractivity contribution is -0.0918. The first-order valence-electron chi connectivity index (χ1n) is 5.88. The van der Waals surface area contributed by atoms with Crippen molar-refractivity contribution < 1.29 is 13.2 Å². The van der Waals surface area contributed by atoms with Crippen LogP contribution in [0.2, 0.25) is 0 Å². The number of fused-ring (bicyclic) bond motifs is 1. The van der Waals surface area contributed by atoms with Crippen molar-refractivity contribution in [1.29, 1.82) is 0 Å². The van der Waals surface area contributed by atoms with Crippen LogP contribution >= 0.6 is 0 Å². The number of hydrogen-bond acceptors (Lipinski definition) is 0. The molecule has 3 heteroatoms. The van der Waals surface area contributed by atoms with Gasteiger partial charge in [0, 0.05) is 12.0 Å². The minimum Gasteiger partial charge on any atom is -0.166 e. The highest BCUT2D eigenvalue weighted by atomic mass is 19.4. The molecular formula is C14H15F3. The van der Waals surface area contributed by atoms with Crippen LogP contribution in [0.5, 0.6) is 0 Å². The Hall–Kier alpha value is -1.25. The lowest BCUT2D eigenvalue weighted by Gasteiger charge is -2.09. The van der Waals surface area contributed by atoms with Gasteiger partial charge in [0.25, 0.3) is 0 Å². The third kappa shape index (κ3) is 2.24. The normalized spacial score (nSPS) is 14.8. The van der Waals surface area contributed by atoms with Gasteiger partial charge in [-0.05, 0) is 41.2 Å². The molecule has 0 bridgehead atoms. The zero-order valence-corrected chi connectivity index (χ0v) is 9.99. The standard InChI is InChI=1S/C14H15F3/c1-3-9-5-11-7-13(14(15,16)17)8-12(11)6-10(9)4-2/h5-7H,3-4,8H2,1-2H3. The monoisotopic (exact) mass is 240 g/mol. The predicted molar refractivity (Wildman–Crippen MR) is 62.9 cm³/mol. The molecular weight excluding hydrogens is 225 g/mol. The molecule has 92 valence electrons. The third-order valence-corrected chi connectivity index (χ3v) is 3.30. The van der Waals surface area contributed by atoms with Crippen LogP contribution in [-0.2, 0) is 19.3 Å². The molecule has 1 aromatic rings. The summed E-state index contributed by atoms with van der Waals surface area (Å²) in [6, 6.07) is 3.84. The minimum absolute atomic E-state index is 0.0236. The van der Waals surface area contributed by atoms with Crippen LogP contribution in [0, 0.1) is 0 Å². The average molecular weight is 240 g/mol. The Morgan fingerprint density at radius 1 is 1.06 bits per heavy atom. The zero-order chi connectivity index (χ0) is 12.6. The molecule has 0 saturated carbocycles. The number of allylic oxidation sites excluding steroid dienone is 1. The maximum atomic E-state index is 12.6. The Morgan fingerprint density at radius 2 is 1.65 bits per heavy atom. The van der Waals surface area contributed by atoms with Crippen LogP contribution in [0.1, 0.15) is 36.1 Å². The quantitative estimate of drug-likeness (QED) is 0.722. The van der Waals surface area contributed by atoms with Crippen molar-refractivity contribution in [3.8, 4) is 0 Å². The van der Waals surface area contributed by atoms with Crippen molar-refractivity contribution in [3.63, 3.8) is 0 Å². The molecule has 0 aliphatic heterocycles. The van der Waals surface area contributed by atoms with Crippen molar-refractivity contribution in [2.24, 2.45) is 0 Å². The van der Waals surface area contributed by atoms with Crippen molar-refractivity contribution >= 4 is 6.08 Å². The van der Waals surface area contributed by atoms with Crippen LogP contribution in [-0.4, -0.2) is 6.18 Å². The van der Waals surface area contributed by atoms with E-state index in [2.05, 4.69) is 0 Å². The smallest absolute Gasteiger partial charge is 0.166 e. The number of aryl methyl sites for hydroxylation is 2. The zero-order valence-electron chi connectivity index (χ0n) is 9.99. The molecule has 0 saturated heterocycles. The van der Waals surface area contributed by atoms with Gasteiger partial charge in [-0.1, -0.05) is 26.0 Å². The molecule has 0 N–H and O–H groups in total. The maximum absolute atomic E-state index is 12.6. The molecule has 0 aromatic heterocycles. The first-order chi connectivity index (χ1) is 7.95. The maximum Gasteiger partial charge on any atom is 0.413 e. The van der Waals surface area contributed by atoms with Crippen molar-refractivity contribution in [2.75, 3.05) is 0 Å². The van der Waals surface area contributed by atoms with Crippen LogP contribution in [0.25, 0.3) is 6.08 Å². The summed E-state index contributed by atoms with van der Waals surface area (Å²) in [6.45, 7) is 4.07. The third-order valence-electron chi connectivity index (χ3n) is 3.30. The molecule has 0 nitrogen and oxygen atoms in total.